The largest absolute Gasteiger partial charge is 0.331 e. The fourth-order valence-corrected chi connectivity index (χ4v) is 1.57. The first-order valence-electron chi connectivity index (χ1n) is 5.01. The molecular formula is C12H13N3O. The molecule has 1 atom stereocenters. The lowest BCUT2D eigenvalue weighted by atomic mass is 10.0. The van der Waals surface area contributed by atoms with Gasteiger partial charge in [-0.1, -0.05) is 30.3 Å². The van der Waals surface area contributed by atoms with Crippen molar-refractivity contribution >= 4 is 5.78 Å². The number of ketones is 1. The van der Waals surface area contributed by atoms with Crippen LogP contribution in [0.2, 0.25) is 0 Å². The highest BCUT2D eigenvalue weighted by Gasteiger charge is 2.19. The molecule has 16 heavy (non-hydrogen) atoms. The number of aryl methyl sites for hydroxylation is 1. The van der Waals surface area contributed by atoms with Gasteiger partial charge in [-0.2, -0.15) is 0 Å². The number of Topliss-reactive ketones (excluding diaryl/α,β-unsaturated/α-hetero) is 1. The Hall–Kier alpha value is -1.94. The molecule has 0 bridgehead atoms. The van der Waals surface area contributed by atoms with Crippen molar-refractivity contribution in [1.29, 1.82) is 0 Å². The van der Waals surface area contributed by atoms with E-state index in [4.69, 9.17) is 5.73 Å². The van der Waals surface area contributed by atoms with Crippen molar-refractivity contribution < 1.29 is 4.79 Å². The van der Waals surface area contributed by atoms with Gasteiger partial charge in [0.05, 0.1) is 18.6 Å². The lowest BCUT2D eigenvalue weighted by molar-refractivity contribution is 0.0953. The molecule has 4 heteroatoms. The maximum Gasteiger partial charge on any atom is 0.201 e. The van der Waals surface area contributed by atoms with Gasteiger partial charge in [-0.3, -0.25) is 4.79 Å². The lowest BCUT2D eigenvalue weighted by Gasteiger charge is -2.10. The van der Waals surface area contributed by atoms with E-state index in [-0.39, 0.29) is 5.78 Å². The molecule has 0 saturated carbocycles. The van der Waals surface area contributed by atoms with Crippen LogP contribution in [-0.4, -0.2) is 15.3 Å². The van der Waals surface area contributed by atoms with Crippen molar-refractivity contribution in [3.8, 4) is 0 Å². The zero-order valence-electron chi connectivity index (χ0n) is 9.00. The number of rotatable bonds is 3. The Morgan fingerprint density at radius 3 is 2.62 bits per heavy atom. The topological polar surface area (TPSA) is 60.9 Å². The van der Waals surface area contributed by atoms with Crippen LogP contribution in [0.15, 0.2) is 42.9 Å². The lowest BCUT2D eigenvalue weighted by Crippen LogP contribution is -2.23. The molecule has 0 aliphatic rings. The van der Waals surface area contributed by atoms with Crippen molar-refractivity contribution in [2.75, 3.05) is 0 Å². The first-order valence-corrected chi connectivity index (χ1v) is 5.01. The van der Waals surface area contributed by atoms with E-state index in [0.717, 1.165) is 5.56 Å². The van der Waals surface area contributed by atoms with Crippen molar-refractivity contribution in [3.63, 3.8) is 0 Å². The molecule has 2 rings (SSSR count). The van der Waals surface area contributed by atoms with Crippen LogP contribution < -0.4 is 5.73 Å². The van der Waals surface area contributed by atoms with Crippen molar-refractivity contribution in [3.05, 3.63) is 54.1 Å². The normalized spacial score (nSPS) is 12.4. The zero-order chi connectivity index (χ0) is 11.5. The third-order valence-corrected chi connectivity index (χ3v) is 2.51. The number of benzene rings is 1. The SMILES string of the molecule is Cn1cncc1C(=O)C(N)c1ccccc1. The summed E-state index contributed by atoms with van der Waals surface area (Å²) in [5.74, 6) is -0.119. The van der Waals surface area contributed by atoms with Gasteiger partial charge < -0.3 is 10.3 Å². The monoisotopic (exact) mass is 215 g/mol. The van der Waals surface area contributed by atoms with Gasteiger partial charge in [0.15, 0.2) is 0 Å². The number of carbonyl (C=O) groups is 1. The Morgan fingerprint density at radius 1 is 1.38 bits per heavy atom. The minimum Gasteiger partial charge on any atom is -0.331 e. The Kier molecular flexibility index (Phi) is 2.83. The van der Waals surface area contributed by atoms with Crippen molar-refractivity contribution in [2.24, 2.45) is 12.8 Å². The number of hydrogen-bond donors (Lipinski definition) is 1. The predicted octanol–water partition coefficient (Wildman–Crippen LogP) is 1.30. The highest BCUT2D eigenvalue weighted by molar-refractivity contribution is 5.99. The number of imidazole rings is 1. The van der Waals surface area contributed by atoms with Crippen molar-refractivity contribution in [2.45, 2.75) is 6.04 Å². The van der Waals surface area contributed by atoms with Gasteiger partial charge in [0.2, 0.25) is 5.78 Å². The second-order valence-corrected chi connectivity index (χ2v) is 3.64. The summed E-state index contributed by atoms with van der Waals surface area (Å²) in [7, 11) is 1.78. The maximum absolute atomic E-state index is 12.0. The third-order valence-electron chi connectivity index (χ3n) is 2.51. The third kappa shape index (κ3) is 1.87. The van der Waals surface area contributed by atoms with Crippen LogP contribution in [0.3, 0.4) is 0 Å². The van der Waals surface area contributed by atoms with E-state index < -0.39 is 6.04 Å². The molecule has 1 aromatic heterocycles. The number of carbonyl (C=O) groups excluding carboxylic acids is 1. The molecule has 1 unspecified atom stereocenters. The average Bonchev–Trinajstić information content (AvgIpc) is 2.75. The first-order chi connectivity index (χ1) is 7.70. The summed E-state index contributed by atoms with van der Waals surface area (Å²) in [6, 6.07) is 8.69. The fraction of sp³-hybridized carbons (Fsp3) is 0.167. The molecule has 1 aromatic carbocycles. The average molecular weight is 215 g/mol. The molecule has 0 radical (unpaired) electrons. The summed E-state index contributed by atoms with van der Waals surface area (Å²) in [6.45, 7) is 0. The summed E-state index contributed by atoms with van der Waals surface area (Å²) in [5, 5.41) is 0. The van der Waals surface area contributed by atoms with Gasteiger partial charge >= 0.3 is 0 Å². The standard InChI is InChI=1S/C12H13N3O/c1-15-8-14-7-10(15)12(16)11(13)9-5-3-2-4-6-9/h2-8,11H,13H2,1H3. The van der Waals surface area contributed by atoms with Gasteiger partial charge in [0, 0.05) is 7.05 Å². The number of hydrogen-bond acceptors (Lipinski definition) is 3. The van der Waals surface area contributed by atoms with E-state index in [9.17, 15) is 4.79 Å². The summed E-state index contributed by atoms with van der Waals surface area (Å²) < 4.78 is 1.67. The maximum atomic E-state index is 12.0. The van der Waals surface area contributed by atoms with Gasteiger partial charge in [-0.15, -0.1) is 0 Å². The second kappa shape index (κ2) is 4.28. The van der Waals surface area contributed by atoms with Crippen LogP contribution in [0.4, 0.5) is 0 Å². The van der Waals surface area contributed by atoms with Gasteiger partial charge in [0.1, 0.15) is 5.69 Å². The number of nitrogens with two attached hydrogens (primary N) is 1. The Morgan fingerprint density at radius 2 is 2.06 bits per heavy atom. The minimum atomic E-state index is -0.628. The minimum absolute atomic E-state index is 0.119. The van der Waals surface area contributed by atoms with Crippen LogP contribution in [0.25, 0.3) is 0 Å². The zero-order valence-corrected chi connectivity index (χ0v) is 9.00. The fourth-order valence-electron chi connectivity index (χ4n) is 1.57. The van der Waals surface area contributed by atoms with Gasteiger partial charge in [0.25, 0.3) is 0 Å². The smallest absolute Gasteiger partial charge is 0.201 e. The van der Waals surface area contributed by atoms with Crippen LogP contribution in [0.1, 0.15) is 22.1 Å². The summed E-state index contributed by atoms with van der Waals surface area (Å²) in [5.41, 5.74) is 7.25. The Bertz CT molecular complexity index is 490. The molecule has 82 valence electrons. The van der Waals surface area contributed by atoms with Gasteiger partial charge in [-0.25, -0.2) is 4.98 Å². The second-order valence-electron chi connectivity index (χ2n) is 3.64. The predicted molar refractivity (Wildman–Crippen MR) is 60.9 cm³/mol. The van der Waals surface area contributed by atoms with E-state index in [1.807, 2.05) is 30.3 Å². The molecule has 0 aliphatic heterocycles. The van der Waals surface area contributed by atoms with Gasteiger partial charge in [-0.05, 0) is 5.56 Å². The highest BCUT2D eigenvalue weighted by Crippen LogP contribution is 2.15. The van der Waals surface area contributed by atoms with E-state index >= 15 is 0 Å². The van der Waals surface area contributed by atoms with Crippen LogP contribution in [-0.2, 0) is 7.05 Å². The van der Waals surface area contributed by atoms with E-state index in [1.54, 1.807) is 17.9 Å². The quantitative estimate of drug-likeness (QED) is 0.785. The number of nitrogens with zero attached hydrogens (tertiary/aromatic N) is 2. The summed E-state index contributed by atoms with van der Waals surface area (Å²) >= 11 is 0. The molecule has 0 fully saturated rings. The Balaban J connectivity index is 2.27. The molecule has 0 amide bonds. The van der Waals surface area contributed by atoms with Crippen LogP contribution in [0.5, 0.6) is 0 Å². The van der Waals surface area contributed by atoms with Crippen molar-refractivity contribution in [1.82, 2.24) is 9.55 Å². The first kappa shape index (κ1) is 10.6. The van der Waals surface area contributed by atoms with E-state index in [2.05, 4.69) is 4.98 Å². The molecule has 2 N–H and O–H groups in total. The Labute approximate surface area is 93.7 Å². The van der Waals surface area contributed by atoms with Crippen LogP contribution in [0, 0.1) is 0 Å². The molecular weight excluding hydrogens is 202 g/mol. The highest BCUT2D eigenvalue weighted by atomic mass is 16.1. The van der Waals surface area contributed by atoms with E-state index in [0.29, 0.717) is 5.69 Å². The molecule has 0 spiro atoms. The molecule has 4 nitrogen and oxygen atoms in total. The molecule has 0 saturated heterocycles. The molecule has 1 heterocycles. The van der Waals surface area contributed by atoms with E-state index in [1.165, 1.54) is 6.20 Å². The molecule has 2 aromatic rings. The number of aromatic nitrogens is 2. The van der Waals surface area contributed by atoms with Crippen LogP contribution >= 0.6 is 0 Å². The molecule has 0 aliphatic carbocycles. The summed E-state index contributed by atoms with van der Waals surface area (Å²) in [6.07, 6.45) is 3.12. The summed E-state index contributed by atoms with van der Waals surface area (Å²) in [4.78, 5) is 15.9.